The van der Waals surface area contributed by atoms with E-state index in [2.05, 4.69) is 0 Å². The fourth-order valence-electron chi connectivity index (χ4n) is 2.74. The van der Waals surface area contributed by atoms with Crippen molar-refractivity contribution < 1.29 is 137 Å². The van der Waals surface area contributed by atoms with Crippen LogP contribution in [0.3, 0.4) is 0 Å². The number of carboxylic acids is 1. The minimum absolute atomic E-state index is 4.76. The van der Waals surface area contributed by atoms with Crippen LogP contribution in [0.5, 0.6) is 0 Å². The second-order valence-corrected chi connectivity index (χ2v) is 8.29. The van der Waals surface area contributed by atoms with Crippen LogP contribution in [0.25, 0.3) is 0 Å². The maximum absolute atomic E-state index is 14.2. The van der Waals surface area contributed by atoms with Crippen molar-refractivity contribution in [1.29, 1.82) is 0 Å². The molecule has 0 aliphatic rings. The lowest BCUT2D eigenvalue weighted by atomic mass is 9.82. The van der Waals surface area contributed by atoms with Crippen molar-refractivity contribution in [3.63, 3.8) is 0 Å². The van der Waals surface area contributed by atoms with Gasteiger partial charge in [0.1, 0.15) is 5.57 Å². The number of aliphatic carboxylic acids is 1. The number of halogens is 29. The van der Waals surface area contributed by atoms with Crippen LogP contribution in [0.4, 0.5) is 127 Å². The standard InChI is InChI=1S/C16HF29O2/c17-4(18,2(5(19,20)15(40,41)42)1(3(46)47)6(21,22)23)7(24,25)8(26,27)9(28,29)10(30,31)11(32,33)12(34,35)13(36,37)14(38,39)16(43,44)45/h(H,46,47). The van der Waals surface area contributed by atoms with Gasteiger partial charge in [-0.15, -0.1) is 0 Å². The summed E-state index contributed by atoms with van der Waals surface area (Å²) in [4.78, 5) is 10.5. The molecular formula is C16HF29O2. The van der Waals surface area contributed by atoms with Crippen molar-refractivity contribution in [2.45, 2.75) is 77.8 Å². The van der Waals surface area contributed by atoms with Gasteiger partial charge in [-0.05, 0) is 0 Å². The average Bonchev–Trinajstić information content (AvgIpc) is 2.78. The first-order valence-electron chi connectivity index (χ1n) is 9.66. The fourth-order valence-corrected chi connectivity index (χ4v) is 2.74. The first-order valence-corrected chi connectivity index (χ1v) is 9.66. The number of alkyl halides is 29. The Balaban J connectivity index is 8.09. The van der Waals surface area contributed by atoms with Gasteiger partial charge in [-0.3, -0.25) is 0 Å². The molecule has 0 aromatic heterocycles. The van der Waals surface area contributed by atoms with Gasteiger partial charge in [-0.1, -0.05) is 0 Å². The first-order chi connectivity index (χ1) is 19.7. The molecule has 280 valence electrons. The van der Waals surface area contributed by atoms with E-state index in [-0.39, 0.29) is 0 Å². The zero-order valence-corrected chi connectivity index (χ0v) is 19.8. The van der Waals surface area contributed by atoms with Gasteiger partial charge in [-0.25, -0.2) is 4.79 Å². The molecule has 0 heterocycles. The van der Waals surface area contributed by atoms with E-state index in [0.717, 1.165) is 0 Å². The molecule has 31 heteroatoms. The number of allylic oxidation sites excluding steroid dienone is 1. The van der Waals surface area contributed by atoms with Crippen molar-refractivity contribution in [3.05, 3.63) is 11.1 Å². The van der Waals surface area contributed by atoms with Crippen LogP contribution in [0.2, 0.25) is 0 Å². The molecule has 0 saturated carbocycles. The van der Waals surface area contributed by atoms with Gasteiger partial charge in [0.05, 0.1) is 0 Å². The molecule has 0 unspecified atom stereocenters. The number of carbonyl (C=O) groups is 1. The molecule has 0 radical (unpaired) electrons. The summed E-state index contributed by atoms with van der Waals surface area (Å²) < 4.78 is 384. The number of hydrogen-bond donors (Lipinski definition) is 1. The molecule has 0 amide bonds. The van der Waals surface area contributed by atoms with E-state index in [1.165, 1.54) is 0 Å². The zero-order chi connectivity index (χ0) is 39.2. The monoisotopic (exact) mass is 776 g/mol. The number of hydrogen-bond acceptors (Lipinski definition) is 1. The Morgan fingerprint density at radius 3 is 0.745 bits per heavy atom. The summed E-state index contributed by atoms with van der Waals surface area (Å²) in [5, 5.41) is 8.12. The van der Waals surface area contributed by atoms with Crippen LogP contribution < -0.4 is 0 Å². The molecule has 0 aliphatic carbocycles. The third kappa shape index (κ3) is 5.72. The largest absolute Gasteiger partial charge is 0.478 e. The van der Waals surface area contributed by atoms with E-state index in [0.29, 0.717) is 0 Å². The Kier molecular flexibility index (Phi) is 10.2. The normalized spacial score (nSPS) is 17.1. The Morgan fingerprint density at radius 2 is 0.553 bits per heavy atom. The van der Waals surface area contributed by atoms with Gasteiger partial charge in [0.2, 0.25) is 0 Å². The predicted octanol–water partition coefficient (Wildman–Crippen LogP) is 9.41. The molecule has 0 saturated heterocycles. The van der Waals surface area contributed by atoms with E-state index in [4.69, 9.17) is 5.11 Å². The summed E-state index contributed by atoms with van der Waals surface area (Å²) in [5.41, 5.74) is -11.8. The number of carboxylic acid groups (broad SMARTS) is 1. The van der Waals surface area contributed by atoms with E-state index < -0.39 is 94.9 Å². The minimum Gasteiger partial charge on any atom is -0.478 e. The van der Waals surface area contributed by atoms with E-state index in [1.54, 1.807) is 0 Å². The summed E-state index contributed by atoms with van der Waals surface area (Å²) in [7, 11) is 0. The second-order valence-electron chi connectivity index (χ2n) is 8.29. The topological polar surface area (TPSA) is 37.3 Å². The van der Waals surface area contributed by atoms with Crippen LogP contribution in [0.1, 0.15) is 0 Å². The molecule has 1 N–H and O–H groups in total. The third-order valence-corrected chi connectivity index (χ3v) is 5.24. The zero-order valence-electron chi connectivity index (χ0n) is 19.8. The summed E-state index contributed by atoms with van der Waals surface area (Å²) in [6, 6.07) is 0. The number of rotatable bonds is 11. The minimum atomic E-state index is -9.97. The molecule has 47 heavy (non-hydrogen) atoms. The second kappa shape index (κ2) is 10.8. The van der Waals surface area contributed by atoms with Crippen molar-refractivity contribution in [2.75, 3.05) is 0 Å². The highest BCUT2D eigenvalue weighted by Crippen LogP contribution is 2.67. The molecule has 2 nitrogen and oxygen atoms in total. The fraction of sp³-hybridized carbons (Fsp3) is 0.812. The van der Waals surface area contributed by atoms with E-state index in [9.17, 15) is 132 Å². The van der Waals surface area contributed by atoms with Crippen molar-refractivity contribution >= 4 is 5.97 Å². The molecule has 0 spiro atoms. The van der Waals surface area contributed by atoms with Crippen LogP contribution in [0, 0.1) is 0 Å². The smallest absolute Gasteiger partial charge is 0.460 e. The Bertz CT molecular complexity index is 1220. The Labute approximate surface area is 233 Å². The highest BCUT2D eigenvalue weighted by Gasteiger charge is 2.98. The van der Waals surface area contributed by atoms with Crippen LogP contribution in [0.15, 0.2) is 11.1 Å². The lowest BCUT2D eigenvalue weighted by Gasteiger charge is -2.45. The predicted molar refractivity (Wildman–Crippen MR) is 82.3 cm³/mol. The van der Waals surface area contributed by atoms with E-state index in [1.807, 2.05) is 0 Å². The lowest BCUT2D eigenvalue weighted by molar-refractivity contribution is -0.473. The third-order valence-electron chi connectivity index (χ3n) is 5.24. The quantitative estimate of drug-likeness (QED) is 0.168. The lowest BCUT2D eigenvalue weighted by Crippen LogP contribution is -2.77. The Hall–Kier alpha value is -2.82. The van der Waals surface area contributed by atoms with Crippen LogP contribution >= 0.6 is 0 Å². The van der Waals surface area contributed by atoms with E-state index >= 15 is 0 Å². The van der Waals surface area contributed by atoms with Gasteiger partial charge in [0.25, 0.3) is 0 Å². The molecule has 0 aromatic rings. The SMILES string of the molecule is O=C(O)C(=C(C(F)(F)C(F)(F)F)C(F)(F)C(F)(F)C(F)(F)C(F)(F)C(F)(F)C(F)(F)C(F)(F)C(F)(F)C(F)(F)C(F)(F)F)C(F)(F)F. The summed E-state index contributed by atoms with van der Waals surface area (Å²) in [5.74, 6) is -99.9. The van der Waals surface area contributed by atoms with Crippen molar-refractivity contribution in [1.82, 2.24) is 0 Å². The van der Waals surface area contributed by atoms with Crippen molar-refractivity contribution in [3.8, 4) is 0 Å². The summed E-state index contributed by atoms with van der Waals surface area (Å²) >= 11 is 0. The molecule has 0 bridgehead atoms. The molecular weight excluding hydrogens is 775 g/mol. The summed E-state index contributed by atoms with van der Waals surface area (Å²) in [6.07, 6.45) is -24.5. The van der Waals surface area contributed by atoms with Crippen molar-refractivity contribution in [2.24, 2.45) is 0 Å². The molecule has 0 aromatic carbocycles. The van der Waals surface area contributed by atoms with Gasteiger partial charge in [0.15, 0.2) is 5.57 Å². The van der Waals surface area contributed by atoms with Gasteiger partial charge in [0, 0.05) is 0 Å². The Morgan fingerprint density at radius 1 is 0.319 bits per heavy atom. The first kappa shape index (κ1) is 44.2. The summed E-state index contributed by atoms with van der Waals surface area (Å²) in [6.45, 7) is 0. The van der Waals surface area contributed by atoms with Gasteiger partial charge in [-0.2, -0.15) is 127 Å². The van der Waals surface area contributed by atoms with Gasteiger partial charge < -0.3 is 5.11 Å². The average molecular weight is 776 g/mol. The molecule has 0 fully saturated rings. The van der Waals surface area contributed by atoms with Crippen LogP contribution in [-0.2, 0) is 4.79 Å². The highest BCUT2D eigenvalue weighted by atomic mass is 19.4. The van der Waals surface area contributed by atoms with Crippen LogP contribution in [-0.4, -0.2) is 88.8 Å². The molecule has 0 rings (SSSR count). The molecule has 0 aliphatic heterocycles. The maximum Gasteiger partial charge on any atom is 0.460 e. The van der Waals surface area contributed by atoms with Gasteiger partial charge >= 0.3 is 83.7 Å². The highest BCUT2D eigenvalue weighted by molar-refractivity contribution is 5.90. The maximum atomic E-state index is 14.2. The molecule has 0 atom stereocenters.